The maximum atomic E-state index is 12.8. The van der Waals surface area contributed by atoms with Crippen molar-refractivity contribution in [3.05, 3.63) is 108 Å². The van der Waals surface area contributed by atoms with Gasteiger partial charge >= 0.3 is 0 Å². The van der Waals surface area contributed by atoms with E-state index in [-0.39, 0.29) is 10.8 Å². The number of aryl methyl sites for hydroxylation is 1. The average molecular weight is 473 g/mol. The van der Waals surface area contributed by atoms with E-state index in [1.54, 1.807) is 79.9 Å². The molecule has 4 aromatic rings. The quantitative estimate of drug-likeness (QED) is 0.360. The standard InChI is InChI=1S/C27H24N2O4S/c1-19-6-8-20(9-7-19)21-12-16-26(17-13-21)34(31,32)29-23-14-10-22(11-15-23)27(30)28-24-4-3-5-25(18-24)33-2/h3-18,29H,1-2H3,(H,28,30). The molecular weight excluding hydrogens is 448 g/mol. The largest absolute Gasteiger partial charge is 0.497 e. The number of carbonyl (C=O) groups excluding carboxylic acids is 1. The molecule has 0 unspecified atom stereocenters. The molecule has 0 bridgehead atoms. The first-order valence-electron chi connectivity index (χ1n) is 10.6. The minimum Gasteiger partial charge on any atom is -0.497 e. The third-order valence-corrected chi connectivity index (χ3v) is 6.67. The SMILES string of the molecule is COc1cccc(NC(=O)c2ccc(NS(=O)(=O)c3ccc(-c4ccc(C)cc4)cc3)cc2)c1. The number of carbonyl (C=O) groups is 1. The lowest BCUT2D eigenvalue weighted by Crippen LogP contribution is -2.14. The first kappa shape index (κ1) is 23.1. The lowest BCUT2D eigenvalue weighted by molar-refractivity contribution is 0.102. The molecule has 0 heterocycles. The number of nitrogens with one attached hydrogen (secondary N) is 2. The number of ether oxygens (including phenoxy) is 1. The van der Waals surface area contributed by atoms with E-state index in [2.05, 4.69) is 10.0 Å². The van der Waals surface area contributed by atoms with Crippen molar-refractivity contribution in [3.63, 3.8) is 0 Å². The highest BCUT2D eigenvalue weighted by atomic mass is 32.2. The summed E-state index contributed by atoms with van der Waals surface area (Å²) >= 11 is 0. The highest BCUT2D eigenvalue weighted by Crippen LogP contribution is 2.24. The summed E-state index contributed by atoms with van der Waals surface area (Å²) in [6.45, 7) is 2.02. The van der Waals surface area contributed by atoms with Crippen LogP contribution in [-0.4, -0.2) is 21.4 Å². The van der Waals surface area contributed by atoms with Gasteiger partial charge in [-0.05, 0) is 66.6 Å². The molecule has 0 aromatic heterocycles. The van der Waals surface area contributed by atoms with Crippen molar-refractivity contribution in [2.75, 3.05) is 17.1 Å². The van der Waals surface area contributed by atoms with Gasteiger partial charge in [-0.3, -0.25) is 9.52 Å². The topological polar surface area (TPSA) is 84.5 Å². The van der Waals surface area contributed by atoms with Gasteiger partial charge in [-0.15, -0.1) is 0 Å². The van der Waals surface area contributed by atoms with Crippen LogP contribution >= 0.6 is 0 Å². The van der Waals surface area contributed by atoms with E-state index in [1.165, 1.54) is 0 Å². The molecule has 1 amide bonds. The first-order chi connectivity index (χ1) is 16.3. The third-order valence-electron chi connectivity index (χ3n) is 5.28. The van der Waals surface area contributed by atoms with Crippen LogP contribution in [0.4, 0.5) is 11.4 Å². The molecule has 172 valence electrons. The van der Waals surface area contributed by atoms with Crippen LogP contribution in [0, 0.1) is 6.92 Å². The van der Waals surface area contributed by atoms with Crippen LogP contribution in [-0.2, 0) is 10.0 Å². The Balaban J connectivity index is 1.43. The molecule has 0 fully saturated rings. The Hall–Kier alpha value is -4.10. The monoisotopic (exact) mass is 472 g/mol. The van der Waals surface area contributed by atoms with Crippen molar-refractivity contribution in [2.45, 2.75) is 11.8 Å². The van der Waals surface area contributed by atoms with E-state index in [0.717, 1.165) is 16.7 Å². The number of methoxy groups -OCH3 is 1. The number of anilines is 2. The van der Waals surface area contributed by atoms with Gasteiger partial charge in [0, 0.05) is 23.0 Å². The fraction of sp³-hybridized carbons (Fsp3) is 0.0741. The van der Waals surface area contributed by atoms with Crippen molar-refractivity contribution >= 4 is 27.3 Å². The molecule has 4 aromatic carbocycles. The molecule has 0 aliphatic heterocycles. The van der Waals surface area contributed by atoms with Gasteiger partial charge in [-0.2, -0.15) is 0 Å². The fourth-order valence-corrected chi connectivity index (χ4v) is 4.44. The molecule has 0 atom stereocenters. The Morgan fingerprint density at radius 1 is 0.765 bits per heavy atom. The van der Waals surface area contributed by atoms with Gasteiger partial charge in [0.2, 0.25) is 0 Å². The Morgan fingerprint density at radius 3 is 2.00 bits per heavy atom. The second-order valence-corrected chi connectivity index (χ2v) is 9.44. The Labute approximate surface area is 199 Å². The predicted molar refractivity (Wildman–Crippen MR) is 135 cm³/mol. The van der Waals surface area contributed by atoms with E-state index in [0.29, 0.717) is 22.7 Å². The molecule has 0 aliphatic rings. The number of hydrogen-bond donors (Lipinski definition) is 2. The predicted octanol–water partition coefficient (Wildman–Crippen LogP) is 5.72. The van der Waals surface area contributed by atoms with Crippen LogP contribution in [0.3, 0.4) is 0 Å². The summed E-state index contributed by atoms with van der Waals surface area (Å²) in [5.74, 6) is 0.323. The molecule has 7 heteroatoms. The highest BCUT2D eigenvalue weighted by molar-refractivity contribution is 7.92. The first-order valence-corrected chi connectivity index (χ1v) is 12.1. The Kier molecular flexibility index (Phi) is 6.65. The van der Waals surface area contributed by atoms with Crippen LogP contribution in [0.1, 0.15) is 15.9 Å². The van der Waals surface area contributed by atoms with Crippen molar-refractivity contribution in [2.24, 2.45) is 0 Å². The molecular formula is C27H24N2O4S. The summed E-state index contributed by atoms with van der Waals surface area (Å²) in [6.07, 6.45) is 0. The fourth-order valence-electron chi connectivity index (χ4n) is 3.38. The molecule has 4 rings (SSSR count). The lowest BCUT2D eigenvalue weighted by Gasteiger charge is -2.10. The molecule has 0 aliphatic carbocycles. The van der Waals surface area contributed by atoms with E-state index in [4.69, 9.17) is 4.74 Å². The van der Waals surface area contributed by atoms with Gasteiger partial charge in [-0.25, -0.2) is 8.42 Å². The lowest BCUT2D eigenvalue weighted by atomic mass is 10.0. The second kappa shape index (κ2) is 9.80. The smallest absolute Gasteiger partial charge is 0.261 e. The second-order valence-electron chi connectivity index (χ2n) is 7.76. The summed E-state index contributed by atoms with van der Waals surface area (Å²) in [4.78, 5) is 12.7. The minimum absolute atomic E-state index is 0.156. The number of amides is 1. The molecule has 0 radical (unpaired) electrons. The van der Waals surface area contributed by atoms with E-state index >= 15 is 0 Å². The zero-order chi connectivity index (χ0) is 24.1. The maximum Gasteiger partial charge on any atom is 0.261 e. The van der Waals surface area contributed by atoms with Crippen LogP contribution < -0.4 is 14.8 Å². The van der Waals surface area contributed by atoms with Gasteiger partial charge in [0.1, 0.15) is 5.75 Å². The molecule has 0 saturated heterocycles. The molecule has 6 nitrogen and oxygen atoms in total. The molecule has 34 heavy (non-hydrogen) atoms. The Morgan fingerprint density at radius 2 is 1.38 bits per heavy atom. The van der Waals surface area contributed by atoms with Crippen LogP contribution in [0.2, 0.25) is 0 Å². The number of benzene rings is 4. The van der Waals surface area contributed by atoms with Crippen LogP contribution in [0.25, 0.3) is 11.1 Å². The summed E-state index contributed by atoms with van der Waals surface area (Å²) in [6, 6.07) is 28.0. The average Bonchev–Trinajstić information content (AvgIpc) is 2.85. The Bertz CT molecular complexity index is 1400. The van der Waals surface area contributed by atoms with Gasteiger partial charge in [0.25, 0.3) is 15.9 Å². The summed E-state index contributed by atoms with van der Waals surface area (Å²) in [5.41, 5.74) is 4.48. The zero-order valence-electron chi connectivity index (χ0n) is 18.8. The van der Waals surface area contributed by atoms with Gasteiger partial charge in [-0.1, -0.05) is 48.0 Å². The summed E-state index contributed by atoms with van der Waals surface area (Å²) < 4.78 is 33.3. The van der Waals surface area contributed by atoms with Crippen molar-refractivity contribution in [3.8, 4) is 16.9 Å². The van der Waals surface area contributed by atoms with E-state index < -0.39 is 10.0 Å². The number of sulfonamides is 1. The zero-order valence-corrected chi connectivity index (χ0v) is 19.6. The van der Waals surface area contributed by atoms with Crippen molar-refractivity contribution < 1.29 is 17.9 Å². The maximum absolute atomic E-state index is 12.8. The molecule has 0 saturated carbocycles. The van der Waals surface area contributed by atoms with Crippen LogP contribution in [0.15, 0.2) is 102 Å². The van der Waals surface area contributed by atoms with Crippen molar-refractivity contribution in [1.29, 1.82) is 0 Å². The van der Waals surface area contributed by atoms with Crippen molar-refractivity contribution in [1.82, 2.24) is 0 Å². The highest BCUT2D eigenvalue weighted by Gasteiger charge is 2.15. The molecule has 0 spiro atoms. The molecule has 2 N–H and O–H groups in total. The normalized spacial score (nSPS) is 11.0. The summed E-state index contributed by atoms with van der Waals surface area (Å²) in [7, 11) is -2.22. The number of rotatable bonds is 7. The van der Waals surface area contributed by atoms with Gasteiger partial charge < -0.3 is 10.1 Å². The third kappa shape index (κ3) is 5.44. The van der Waals surface area contributed by atoms with Crippen LogP contribution in [0.5, 0.6) is 5.75 Å². The summed E-state index contributed by atoms with van der Waals surface area (Å²) in [5, 5.41) is 2.79. The van der Waals surface area contributed by atoms with E-state index in [9.17, 15) is 13.2 Å². The van der Waals surface area contributed by atoms with Gasteiger partial charge in [0.05, 0.1) is 12.0 Å². The van der Waals surface area contributed by atoms with E-state index in [1.807, 2.05) is 31.2 Å². The minimum atomic E-state index is -3.77. The number of hydrogen-bond acceptors (Lipinski definition) is 4. The van der Waals surface area contributed by atoms with Gasteiger partial charge in [0.15, 0.2) is 0 Å².